The van der Waals surface area contributed by atoms with E-state index in [2.05, 4.69) is 0 Å². The summed E-state index contributed by atoms with van der Waals surface area (Å²) in [4.78, 5) is 32.0. The molecule has 1 saturated heterocycles. The zero-order valence-electron chi connectivity index (χ0n) is 25.1. The summed E-state index contributed by atoms with van der Waals surface area (Å²) in [5.41, 5.74) is 3.39. The first kappa shape index (κ1) is 30.6. The minimum atomic E-state index is -4.52. The molecule has 3 aromatic carbocycles. The molecule has 1 fully saturated rings. The molecule has 0 spiro atoms. The van der Waals surface area contributed by atoms with Crippen LogP contribution in [0.15, 0.2) is 66.7 Å². The predicted molar refractivity (Wildman–Crippen MR) is 159 cm³/mol. The molecule has 0 bridgehead atoms. The van der Waals surface area contributed by atoms with Crippen LogP contribution in [0.1, 0.15) is 55.5 Å². The molecule has 5 rings (SSSR count). The number of halogens is 3. The quantitative estimate of drug-likeness (QED) is 0.323. The average molecular weight is 594 g/mol. The van der Waals surface area contributed by atoms with Crippen molar-refractivity contribution in [2.75, 3.05) is 19.6 Å². The lowest BCUT2D eigenvalue weighted by Crippen LogP contribution is -2.60. The summed E-state index contributed by atoms with van der Waals surface area (Å²) in [7, 11) is 0. The maximum Gasteiger partial charge on any atom is 0.416 e. The molecule has 43 heavy (non-hydrogen) atoms. The molecule has 3 aromatic rings. The Bertz CT molecular complexity index is 1500. The van der Waals surface area contributed by atoms with E-state index in [1.165, 1.54) is 6.07 Å². The fourth-order valence-electron chi connectivity index (χ4n) is 5.92. The van der Waals surface area contributed by atoms with Gasteiger partial charge in [0, 0.05) is 26.1 Å². The molecular formula is C34H38F3N3O3. The summed E-state index contributed by atoms with van der Waals surface area (Å²) in [6.45, 7) is 8.73. The zero-order valence-corrected chi connectivity index (χ0v) is 25.1. The number of alkyl halides is 3. The van der Waals surface area contributed by atoms with E-state index in [4.69, 9.17) is 4.74 Å². The molecule has 2 heterocycles. The van der Waals surface area contributed by atoms with Crippen LogP contribution in [0.5, 0.6) is 0 Å². The van der Waals surface area contributed by atoms with Crippen molar-refractivity contribution in [3.8, 4) is 11.1 Å². The van der Waals surface area contributed by atoms with Crippen molar-refractivity contribution < 1.29 is 27.5 Å². The number of rotatable bonds is 5. The topological polar surface area (TPSA) is 53.1 Å². The monoisotopic (exact) mass is 593 g/mol. The highest BCUT2D eigenvalue weighted by molar-refractivity contribution is 5.79. The highest BCUT2D eigenvalue weighted by Gasteiger charge is 2.39. The van der Waals surface area contributed by atoms with E-state index in [1.807, 2.05) is 81.1 Å². The predicted octanol–water partition coefficient (Wildman–Crippen LogP) is 6.90. The first-order chi connectivity index (χ1) is 20.3. The molecule has 228 valence electrons. The standard InChI is InChI=1S/C34H38F3N3O3/c1-5-24-10-8-9-13-29(24)27-16-23(17-28(18-27)34(35,36)37)20-39-15-14-38(22-31(39)41)30-19-25-11-6-7-12-26(25)21-40(30)32(42)43-33(2,3)4/h6-13,16-18,30H,5,14-15,19-22H2,1-4H3/t30-/m1/s1. The van der Waals surface area contributed by atoms with E-state index in [0.29, 0.717) is 43.6 Å². The molecule has 0 aliphatic carbocycles. The van der Waals surface area contributed by atoms with Gasteiger partial charge in [-0.3, -0.25) is 14.6 Å². The number of aryl methyl sites for hydroxylation is 1. The van der Waals surface area contributed by atoms with Gasteiger partial charge in [-0.25, -0.2) is 4.79 Å². The number of benzene rings is 3. The normalized spacial score (nSPS) is 18.0. The van der Waals surface area contributed by atoms with Crippen LogP contribution in [-0.4, -0.2) is 58.1 Å². The Morgan fingerprint density at radius 1 is 0.930 bits per heavy atom. The van der Waals surface area contributed by atoms with E-state index in [9.17, 15) is 22.8 Å². The third kappa shape index (κ3) is 7.04. The summed E-state index contributed by atoms with van der Waals surface area (Å²) < 4.78 is 47.5. The number of amides is 2. The molecule has 0 unspecified atom stereocenters. The minimum absolute atomic E-state index is 0.0522. The van der Waals surface area contributed by atoms with Crippen LogP contribution in [0.25, 0.3) is 11.1 Å². The van der Waals surface area contributed by atoms with Crippen LogP contribution in [0.4, 0.5) is 18.0 Å². The van der Waals surface area contributed by atoms with Crippen molar-refractivity contribution in [3.05, 3.63) is 94.5 Å². The van der Waals surface area contributed by atoms with Crippen molar-refractivity contribution in [3.63, 3.8) is 0 Å². The molecule has 2 aliphatic rings. The maximum atomic E-state index is 13.9. The number of piperazine rings is 1. The third-order valence-electron chi connectivity index (χ3n) is 8.02. The average Bonchev–Trinajstić information content (AvgIpc) is 2.96. The van der Waals surface area contributed by atoms with Gasteiger partial charge in [-0.15, -0.1) is 0 Å². The van der Waals surface area contributed by atoms with E-state index in [1.54, 1.807) is 15.9 Å². The van der Waals surface area contributed by atoms with Gasteiger partial charge in [0.15, 0.2) is 0 Å². The Balaban J connectivity index is 1.37. The highest BCUT2D eigenvalue weighted by Crippen LogP contribution is 2.35. The van der Waals surface area contributed by atoms with Gasteiger partial charge in [0.2, 0.25) is 5.91 Å². The molecule has 9 heteroatoms. The summed E-state index contributed by atoms with van der Waals surface area (Å²) in [5, 5.41) is 0. The minimum Gasteiger partial charge on any atom is -0.444 e. The number of nitrogens with zero attached hydrogens (tertiary/aromatic N) is 3. The Labute approximate surface area is 251 Å². The van der Waals surface area contributed by atoms with Crippen LogP contribution in [0, 0.1) is 0 Å². The second-order valence-electron chi connectivity index (χ2n) is 12.3. The summed E-state index contributed by atoms with van der Waals surface area (Å²) in [6.07, 6.45) is -4.09. The largest absolute Gasteiger partial charge is 0.444 e. The van der Waals surface area contributed by atoms with Gasteiger partial charge in [-0.1, -0.05) is 55.5 Å². The van der Waals surface area contributed by atoms with Gasteiger partial charge in [0.25, 0.3) is 0 Å². The third-order valence-corrected chi connectivity index (χ3v) is 8.02. The molecule has 0 radical (unpaired) electrons. The lowest BCUT2D eigenvalue weighted by atomic mass is 9.94. The Morgan fingerprint density at radius 2 is 1.63 bits per heavy atom. The van der Waals surface area contributed by atoms with E-state index < -0.39 is 23.4 Å². The lowest BCUT2D eigenvalue weighted by molar-refractivity contribution is -0.140. The molecule has 2 aliphatic heterocycles. The number of ether oxygens (including phenoxy) is 1. The van der Waals surface area contributed by atoms with Gasteiger partial charge in [0.05, 0.1) is 24.8 Å². The van der Waals surface area contributed by atoms with Gasteiger partial charge >= 0.3 is 12.3 Å². The fraction of sp³-hybridized carbons (Fsp3) is 0.412. The van der Waals surface area contributed by atoms with Crippen LogP contribution in [0.3, 0.4) is 0 Å². The van der Waals surface area contributed by atoms with Crippen LogP contribution < -0.4 is 0 Å². The van der Waals surface area contributed by atoms with Gasteiger partial charge < -0.3 is 9.64 Å². The Morgan fingerprint density at radius 3 is 2.30 bits per heavy atom. The van der Waals surface area contributed by atoms with E-state index in [-0.39, 0.29) is 25.2 Å². The molecule has 0 aromatic heterocycles. The molecule has 2 amide bonds. The molecule has 6 nitrogen and oxygen atoms in total. The van der Waals surface area contributed by atoms with Crippen molar-refractivity contribution >= 4 is 12.0 Å². The Hall–Kier alpha value is -3.85. The second kappa shape index (κ2) is 12.0. The van der Waals surface area contributed by atoms with Gasteiger partial charge in [0.1, 0.15) is 5.60 Å². The maximum absolute atomic E-state index is 13.9. The summed E-state index contributed by atoms with van der Waals surface area (Å²) in [6, 6.07) is 19.5. The van der Waals surface area contributed by atoms with Crippen LogP contribution in [-0.2, 0) is 41.6 Å². The first-order valence-corrected chi connectivity index (χ1v) is 14.7. The number of hydrogen-bond acceptors (Lipinski definition) is 4. The molecule has 0 N–H and O–H groups in total. The number of carbonyl (C=O) groups excluding carboxylic acids is 2. The molecular weight excluding hydrogens is 555 g/mol. The van der Waals surface area contributed by atoms with E-state index >= 15 is 0 Å². The van der Waals surface area contributed by atoms with Crippen molar-refractivity contribution in [2.45, 2.75) is 71.6 Å². The molecule has 1 atom stereocenters. The van der Waals surface area contributed by atoms with E-state index in [0.717, 1.165) is 28.3 Å². The number of carbonyl (C=O) groups is 2. The fourth-order valence-corrected chi connectivity index (χ4v) is 5.92. The Kier molecular flexibility index (Phi) is 8.56. The van der Waals surface area contributed by atoms with Crippen molar-refractivity contribution in [1.82, 2.24) is 14.7 Å². The summed E-state index contributed by atoms with van der Waals surface area (Å²) in [5.74, 6) is -0.192. The van der Waals surface area contributed by atoms with Crippen LogP contribution >= 0.6 is 0 Å². The summed E-state index contributed by atoms with van der Waals surface area (Å²) >= 11 is 0. The lowest BCUT2D eigenvalue weighted by Gasteiger charge is -2.46. The second-order valence-corrected chi connectivity index (χ2v) is 12.3. The van der Waals surface area contributed by atoms with Gasteiger partial charge in [-0.2, -0.15) is 13.2 Å². The SMILES string of the molecule is CCc1ccccc1-c1cc(CN2CCN([C@H]3Cc4ccccc4CN3C(=O)OC(C)(C)C)CC2=O)cc(C(F)(F)F)c1. The highest BCUT2D eigenvalue weighted by atomic mass is 19.4. The van der Waals surface area contributed by atoms with Crippen LogP contribution in [0.2, 0.25) is 0 Å². The molecule has 0 saturated carbocycles. The number of hydrogen-bond donors (Lipinski definition) is 0. The smallest absolute Gasteiger partial charge is 0.416 e. The van der Waals surface area contributed by atoms with Crippen molar-refractivity contribution in [1.29, 1.82) is 0 Å². The number of fused-ring (bicyclic) bond motifs is 1. The van der Waals surface area contributed by atoms with Crippen molar-refractivity contribution in [2.24, 2.45) is 0 Å². The van der Waals surface area contributed by atoms with Gasteiger partial charge in [-0.05, 0) is 78.8 Å². The zero-order chi connectivity index (χ0) is 30.9. The first-order valence-electron chi connectivity index (χ1n) is 14.7.